The molecule has 0 aromatic carbocycles. The number of anilines is 2. The average molecular weight is 267 g/mol. The van der Waals surface area contributed by atoms with Crippen LogP contribution in [0, 0.1) is 11.3 Å². The molecule has 6 nitrogen and oxygen atoms in total. The van der Waals surface area contributed by atoms with Gasteiger partial charge < -0.3 is 10.6 Å². The van der Waals surface area contributed by atoms with E-state index in [0.29, 0.717) is 16.4 Å². The molecule has 0 bridgehead atoms. The van der Waals surface area contributed by atoms with Crippen molar-refractivity contribution < 1.29 is 4.79 Å². The average Bonchev–Trinajstić information content (AvgIpc) is 2.76. The highest BCUT2D eigenvalue weighted by atomic mass is 32.1. The first kappa shape index (κ1) is 14.3. The molecule has 1 aromatic rings. The molecule has 98 valence electrons. The monoisotopic (exact) mass is 267 g/mol. The molecule has 0 unspecified atom stereocenters. The second-order valence-corrected chi connectivity index (χ2v) is 4.46. The van der Waals surface area contributed by atoms with Crippen LogP contribution in [0.3, 0.4) is 0 Å². The van der Waals surface area contributed by atoms with Gasteiger partial charge in [-0.3, -0.25) is 5.32 Å². The summed E-state index contributed by atoms with van der Waals surface area (Å²) >= 11 is 1.10. The number of rotatable bonds is 6. The summed E-state index contributed by atoms with van der Waals surface area (Å²) in [6.07, 6.45) is 3.33. The van der Waals surface area contributed by atoms with Crippen molar-refractivity contribution in [1.29, 1.82) is 5.26 Å². The Morgan fingerprint density at radius 1 is 1.50 bits per heavy atom. The molecule has 0 spiro atoms. The number of hydrogen-bond donors (Lipinski definition) is 3. The first-order valence-electron chi connectivity index (χ1n) is 5.85. The smallest absolute Gasteiger partial charge is 0.319 e. The standard InChI is InChI=1S/C11H17N5OS/c1-3-4-5-6-14-9-8(7-12)10(18-16-9)15-11(17)13-2/h3-6H2,1-2H3,(H,14,16)(H2,13,15,17). The molecule has 0 radical (unpaired) electrons. The second kappa shape index (κ2) is 7.50. The molecule has 7 heteroatoms. The number of urea groups is 1. The fraction of sp³-hybridized carbons (Fsp3) is 0.545. The van der Waals surface area contributed by atoms with Gasteiger partial charge in [0.2, 0.25) is 0 Å². The summed E-state index contributed by atoms with van der Waals surface area (Å²) in [6, 6.07) is 1.70. The lowest BCUT2D eigenvalue weighted by molar-refractivity contribution is 0.254. The summed E-state index contributed by atoms with van der Waals surface area (Å²) in [7, 11) is 1.52. The van der Waals surface area contributed by atoms with Crippen molar-refractivity contribution in [3.63, 3.8) is 0 Å². The quantitative estimate of drug-likeness (QED) is 0.690. The topological polar surface area (TPSA) is 89.8 Å². The van der Waals surface area contributed by atoms with Gasteiger partial charge in [0.25, 0.3) is 0 Å². The van der Waals surface area contributed by atoms with E-state index in [9.17, 15) is 4.79 Å². The number of carbonyl (C=O) groups excluding carboxylic acids is 1. The van der Waals surface area contributed by atoms with E-state index in [2.05, 4.69) is 33.3 Å². The van der Waals surface area contributed by atoms with Crippen molar-refractivity contribution in [1.82, 2.24) is 9.69 Å². The Bertz CT molecular complexity index is 437. The van der Waals surface area contributed by atoms with Crippen LogP contribution in [-0.4, -0.2) is 24.0 Å². The van der Waals surface area contributed by atoms with Gasteiger partial charge in [0, 0.05) is 13.6 Å². The maximum absolute atomic E-state index is 11.2. The lowest BCUT2D eigenvalue weighted by Gasteiger charge is -2.03. The van der Waals surface area contributed by atoms with Crippen LogP contribution in [0.25, 0.3) is 0 Å². The van der Waals surface area contributed by atoms with Gasteiger partial charge in [-0.2, -0.15) is 9.64 Å². The van der Waals surface area contributed by atoms with E-state index in [-0.39, 0.29) is 6.03 Å². The number of amides is 2. The molecular weight excluding hydrogens is 250 g/mol. The molecule has 1 rings (SSSR count). The van der Waals surface area contributed by atoms with Gasteiger partial charge >= 0.3 is 6.03 Å². The molecular formula is C11H17N5OS. The Hall–Kier alpha value is -1.81. The summed E-state index contributed by atoms with van der Waals surface area (Å²) in [5, 5.41) is 17.7. The summed E-state index contributed by atoms with van der Waals surface area (Å²) < 4.78 is 4.14. The van der Waals surface area contributed by atoms with Crippen molar-refractivity contribution in [2.75, 3.05) is 24.2 Å². The molecule has 0 saturated heterocycles. The predicted octanol–water partition coefficient (Wildman–Crippen LogP) is 2.37. The number of carbonyl (C=O) groups is 1. The van der Waals surface area contributed by atoms with Crippen molar-refractivity contribution >= 4 is 28.4 Å². The first-order valence-corrected chi connectivity index (χ1v) is 6.62. The van der Waals surface area contributed by atoms with E-state index in [1.54, 1.807) is 0 Å². The molecule has 0 atom stereocenters. The minimum Gasteiger partial charge on any atom is -0.368 e. The van der Waals surface area contributed by atoms with Crippen molar-refractivity contribution in [3.8, 4) is 6.07 Å². The van der Waals surface area contributed by atoms with Crippen LogP contribution in [-0.2, 0) is 0 Å². The van der Waals surface area contributed by atoms with Crippen LogP contribution in [0.5, 0.6) is 0 Å². The molecule has 3 N–H and O–H groups in total. The van der Waals surface area contributed by atoms with E-state index in [0.717, 1.165) is 37.3 Å². The van der Waals surface area contributed by atoms with Crippen molar-refractivity contribution in [2.24, 2.45) is 0 Å². The summed E-state index contributed by atoms with van der Waals surface area (Å²) in [5.41, 5.74) is 0.389. The van der Waals surface area contributed by atoms with Gasteiger partial charge in [-0.05, 0) is 18.0 Å². The zero-order valence-corrected chi connectivity index (χ0v) is 11.4. The maximum Gasteiger partial charge on any atom is 0.319 e. The highest BCUT2D eigenvalue weighted by Gasteiger charge is 2.14. The van der Waals surface area contributed by atoms with Gasteiger partial charge in [0.05, 0.1) is 0 Å². The van der Waals surface area contributed by atoms with Gasteiger partial charge in [-0.1, -0.05) is 19.8 Å². The normalized spacial score (nSPS) is 9.61. The summed E-state index contributed by atoms with van der Waals surface area (Å²) in [5.74, 6) is 0.546. The molecule has 0 saturated carbocycles. The van der Waals surface area contributed by atoms with Crippen LogP contribution in [0.15, 0.2) is 0 Å². The Morgan fingerprint density at radius 3 is 2.89 bits per heavy atom. The van der Waals surface area contributed by atoms with Gasteiger partial charge in [-0.15, -0.1) is 0 Å². The van der Waals surface area contributed by atoms with Crippen molar-refractivity contribution in [3.05, 3.63) is 5.56 Å². The Morgan fingerprint density at radius 2 is 2.28 bits per heavy atom. The minimum absolute atomic E-state index is 0.354. The molecule has 2 amide bonds. The maximum atomic E-state index is 11.2. The fourth-order valence-electron chi connectivity index (χ4n) is 1.35. The van der Waals surface area contributed by atoms with Gasteiger partial charge in [0.15, 0.2) is 5.82 Å². The van der Waals surface area contributed by atoms with Gasteiger partial charge in [0.1, 0.15) is 16.6 Å². The fourth-order valence-corrected chi connectivity index (χ4v) is 2.06. The third-order valence-electron chi connectivity index (χ3n) is 2.33. The summed E-state index contributed by atoms with van der Waals surface area (Å²) in [4.78, 5) is 11.2. The third-order valence-corrected chi connectivity index (χ3v) is 3.09. The zero-order chi connectivity index (χ0) is 13.4. The van der Waals surface area contributed by atoms with E-state index in [4.69, 9.17) is 5.26 Å². The number of nitriles is 1. The third kappa shape index (κ3) is 3.89. The number of nitrogens with one attached hydrogen (secondary N) is 3. The molecule has 0 fully saturated rings. The molecule has 0 aliphatic carbocycles. The minimum atomic E-state index is -0.354. The SMILES string of the molecule is CCCCCNc1nsc(NC(=O)NC)c1C#N. The zero-order valence-electron chi connectivity index (χ0n) is 10.5. The number of unbranched alkanes of at least 4 members (excludes halogenated alkanes) is 2. The summed E-state index contributed by atoms with van der Waals surface area (Å²) in [6.45, 7) is 2.92. The number of aromatic nitrogens is 1. The van der Waals surface area contributed by atoms with Crippen LogP contribution in [0.1, 0.15) is 31.7 Å². The highest BCUT2D eigenvalue weighted by Crippen LogP contribution is 2.27. The Balaban J connectivity index is 2.64. The first-order chi connectivity index (χ1) is 8.72. The number of nitrogens with zero attached hydrogens (tertiary/aromatic N) is 2. The molecule has 1 heterocycles. The lowest BCUT2D eigenvalue weighted by Crippen LogP contribution is -2.24. The number of hydrogen-bond acceptors (Lipinski definition) is 5. The van der Waals surface area contributed by atoms with E-state index in [1.165, 1.54) is 7.05 Å². The van der Waals surface area contributed by atoms with Crippen LogP contribution < -0.4 is 16.0 Å². The van der Waals surface area contributed by atoms with Crippen LogP contribution in [0.2, 0.25) is 0 Å². The van der Waals surface area contributed by atoms with Crippen molar-refractivity contribution in [2.45, 2.75) is 26.2 Å². The van der Waals surface area contributed by atoms with E-state index >= 15 is 0 Å². The molecule has 1 aromatic heterocycles. The second-order valence-electron chi connectivity index (χ2n) is 3.69. The molecule has 18 heavy (non-hydrogen) atoms. The lowest BCUT2D eigenvalue weighted by atomic mass is 10.2. The molecule has 0 aliphatic heterocycles. The molecule has 0 aliphatic rings. The van der Waals surface area contributed by atoms with E-state index < -0.39 is 0 Å². The predicted molar refractivity (Wildman–Crippen MR) is 72.9 cm³/mol. The Kier molecular flexibility index (Phi) is 5.94. The highest BCUT2D eigenvalue weighted by molar-refractivity contribution is 7.11. The largest absolute Gasteiger partial charge is 0.368 e. The Labute approximate surface area is 111 Å². The van der Waals surface area contributed by atoms with E-state index in [1.807, 2.05) is 0 Å². The van der Waals surface area contributed by atoms with Crippen LogP contribution in [0.4, 0.5) is 15.6 Å². The van der Waals surface area contributed by atoms with Crippen LogP contribution >= 0.6 is 11.5 Å². The van der Waals surface area contributed by atoms with Gasteiger partial charge in [-0.25, -0.2) is 4.79 Å².